The van der Waals surface area contributed by atoms with Gasteiger partial charge in [0, 0.05) is 30.2 Å². The Bertz CT molecular complexity index is 1100. The summed E-state index contributed by atoms with van der Waals surface area (Å²) >= 11 is 0. The molecule has 1 atom stereocenters. The Hall–Kier alpha value is -3.28. The van der Waals surface area contributed by atoms with Gasteiger partial charge in [-0.05, 0) is 43.0 Å². The van der Waals surface area contributed by atoms with E-state index in [-0.39, 0.29) is 11.9 Å². The number of oxazole rings is 1. The van der Waals surface area contributed by atoms with Crippen LogP contribution in [0.3, 0.4) is 0 Å². The van der Waals surface area contributed by atoms with E-state index in [9.17, 15) is 4.79 Å². The van der Waals surface area contributed by atoms with E-state index >= 15 is 0 Å². The molecule has 2 aromatic carbocycles. The number of hydrogen-bond acceptors (Lipinski definition) is 4. The quantitative estimate of drug-likeness (QED) is 0.559. The lowest BCUT2D eigenvalue weighted by Gasteiger charge is -2.21. The highest BCUT2D eigenvalue weighted by Crippen LogP contribution is 2.28. The first-order chi connectivity index (χ1) is 13.8. The highest BCUT2D eigenvalue weighted by molar-refractivity contribution is 5.86. The highest BCUT2D eigenvalue weighted by atomic mass is 16.4. The normalized spacial score (nSPS) is 16.9. The summed E-state index contributed by atoms with van der Waals surface area (Å²) in [5.41, 5.74) is 3.92. The van der Waals surface area contributed by atoms with Crippen molar-refractivity contribution in [3.8, 4) is 0 Å². The summed E-state index contributed by atoms with van der Waals surface area (Å²) in [5, 5.41) is 4.31. The number of fused-ring (bicyclic) bond motifs is 2. The molecule has 0 spiro atoms. The zero-order chi connectivity index (χ0) is 18.9. The fourth-order valence-electron chi connectivity index (χ4n) is 4.03. The highest BCUT2D eigenvalue weighted by Gasteiger charge is 2.33. The van der Waals surface area contributed by atoms with Crippen LogP contribution in [0.4, 0.5) is 6.01 Å². The molecular weight excluding hydrogens is 352 g/mol. The van der Waals surface area contributed by atoms with Gasteiger partial charge in [-0.1, -0.05) is 30.3 Å². The fraction of sp³-hybridized carbons (Fsp3) is 0.273. The maximum absolute atomic E-state index is 12.8. The minimum atomic E-state index is -0.226. The number of aromatic nitrogens is 2. The molecule has 4 aromatic rings. The monoisotopic (exact) mass is 374 g/mol. The molecule has 1 amide bonds. The molecular formula is C22H22N4O2. The number of aromatic amines is 1. The summed E-state index contributed by atoms with van der Waals surface area (Å²) in [6, 6.07) is 16.2. The molecule has 28 heavy (non-hydrogen) atoms. The van der Waals surface area contributed by atoms with Gasteiger partial charge in [-0.3, -0.25) is 4.79 Å². The number of para-hydroxylation sites is 3. The van der Waals surface area contributed by atoms with Gasteiger partial charge in [0.25, 0.3) is 6.01 Å². The molecule has 0 radical (unpaired) electrons. The van der Waals surface area contributed by atoms with Crippen molar-refractivity contribution in [1.29, 1.82) is 0 Å². The van der Waals surface area contributed by atoms with Gasteiger partial charge in [0.1, 0.15) is 11.6 Å². The Kier molecular flexibility index (Phi) is 4.24. The van der Waals surface area contributed by atoms with E-state index in [0.717, 1.165) is 42.4 Å². The second-order valence-electron chi connectivity index (χ2n) is 7.22. The van der Waals surface area contributed by atoms with Gasteiger partial charge in [-0.15, -0.1) is 0 Å². The Labute approximate surface area is 162 Å². The molecule has 1 saturated heterocycles. The minimum Gasteiger partial charge on any atom is -0.423 e. The van der Waals surface area contributed by atoms with Crippen LogP contribution in [0.5, 0.6) is 0 Å². The fourth-order valence-corrected chi connectivity index (χ4v) is 4.03. The van der Waals surface area contributed by atoms with Crippen molar-refractivity contribution in [2.45, 2.75) is 25.3 Å². The van der Waals surface area contributed by atoms with Crippen LogP contribution in [-0.4, -0.2) is 35.0 Å². The molecule has 5 rings (SSSR count). The lowest BCUT2D eigenvalue weighted by atomic mass is 10.1. The van der Waals surface area contributed by atoms with Crippen molar-refractivity contribution in [1.82, 2.24) is 15.3 Å². The SMILES string of the molecule is O=C(NCCc1c[nH]c2ccccc12)[C@H]1CCCN1c1nc2ccccc2o1. The van der Waals surface area contributed by atoms with E-state index < -0.39 is 0 Å². The zero-order valence-electron chi connectivity index (χ0n) is 15.5. The van der Waals surface area contributed by atoms with Gasteiger partial charge >= 0.3 is 0 Å². The molecule has 142 valence electrons. The Morgan fingerprint density at radius 2 is 2.07 bits per heavy atom. The molecule has 1 aliphatic rings. The third-order valence-electron chi connectivity index (χ3n) is 5.45. The first-order valence-corrected chi connectivity index (χ1v) is 9.74. The van der Waals surface area contributed by atoms with Crippen LogP contribution < -0.4 is 10.2 Å². The molecule has 0 aliphatic carbocycles. The van der Waals surface area contributed by atoms with Crippen molar-refractivity contribution < 1.29 is 9.21 Å². The first kappa shape index (κ1) is 16.9. The summed E-state index contributed by atoms with van der Waals surface area (Å²) in [5.74, 6) is 0.0413. The number of rotatable bonds is 5. The molecule has 0 bridgehead atoms. The predicted molar refractivity (Wildman–Crippen MR) is 109 cm³/mol. The third kappa shape index (κ3) is 3.01. The van der Waals surface area contributed by atoms with E-state index in [1.807, 2.05) is 47.5 Å². The maximum atomic E-state index is 12.8. The number of nitrogens with zero attached hydrogens (tertiary/aromatic N) is 2. The molecule has 3 heterocycles. The van der Waals surface area contributed by atoms with Gasteiger partial charge in [-0.25, -0.2) is 0 Å². The number of anilines is 1. The van der Waals surface area contributed by atoms with Crippen LogP contribution in [0.15, 0.2) is 59.1 Å². The number of carbonyl (C=O) groups excluding carboxylic acids is 1. The first-order valence-electron chi connectivity index (χ1n) is 9.74. The van der Waals surface area contributed by atoms with E-state index in [2.05, 4.69) is 27.4 Å². The van der Waals surface area contributed by atoms with Crippen LogP contribution in [0.1, 0.15) is 18.4 Å². The molecule has 6 nitrogen and oxygen atoms in total. The van der Waals surface area contributed by atoms with Crippen LogP contribution >= 0.6 is 0 Å². The Morgan fingerprint density at radius 1 is 1.21 bits per heavy atom. The van der Waals surface area contributed by atoms with Crippen molar-refractivity contribution in [2.24, 2.45) is 0 Å². The smallest absolute Gasteiger partial charge is 0.299 e. The van der Waals surface area contributed by atoms with E-state index in [4.69, 9.17) is 4.42 Å². The van der Waals surface area contributed by atoms with E-state index in [1.165, 1.54) is 10.9 Å². The zero-order valence-corrected chi connectivity index (χ0v) is 15.5. The second kappa shape index (κ2) is 7.03. The van der Waals surface area contributed by atoms with E-state index in [0.29, 0.717) is 12.6 Å². The maximum Gasteiger partial charge on any atom is 0.299 e. The van der Waals surface area contributed by atoms with Crippen LogP contribution in [0.25, 0.3) is 22.0 Å². The van der Waals surface area contributed by atoms with Gasteiger partial charge in [0.2, 0.25) is 5.91 Å². The number of carbonyl (C=O) groups is 1. The summed E-state index contributed by atoms with van der Waals surface area (Å²) in [6.45, 7) is 1.39. The topological polar surface area (TPSA) is 74.2 Å². The number of nitrogens with one attached hydrogen (secondary N) is 2. The molecule has 6 heteroatoms. The molecule has 0 unspecified atom stereocenters. The average Bonchev–Trinajstić information content (AvgIpc) is 3.45. The van der Waals surface area contributed by atoms with Crippen molar-refractivity contribution in [2.75, 3.05) is 18.0 Å². The summed E-state index contributed by atoms with van der Waals surface area (Å²) in [4.78, 5) is 22.6. The Balaban J connectivity index is 1.25. The Morgan fingerprint density at radius 3 is 3.00 bits per heavy atom. The number of amides is 1. The molecule has 2 aromatic heterocycles. The standard InChI is InChI=1S/C22H22N4O2/c27-21(23-12-11-15-14-24-17-7-2-1-6-16(15)17)19-9-5-13-26(19)22-25-18-8-3-4-10-20(18)28-22/h1-4,6-8,10,14,19,24H,5,9,11-13H2,(H,23,27)/t19-/m1/s1. The molecule has 2 N–H and O–H groups in total. The second-order valence-corrected chi connectivity index (χ2v) is 7.22. The van der Waals surface area contributed by atoms with E-state index in [1.54, 1.807) is 0 Å². The summed E-state index contributed by atoms with van der Waals surface area (Å²) < 4.78 is 5.87. The minimum absolute atomic E-state index is 0.0413. The summed E-state index contributed by atoms with van der Waals surface area (Å²) in [7, 11) is 0. The number of hydrogen-bond donors (Lipinski definition) is 2. The van der Waals surface area contributed by atoms with Gasteiger partial charge < -0.3 is 19.6 Å². The lowest BCUT2D eigenvalue weighted by molar-refractivity contribution is -0.122. The van der Waals surface area contributed by atoms with Crippen molar-refractivity contribution in [3.05, 3.63) is 60.3 Å². The molecule has 1 fully saturated rings. The largest absolute Gasteiger partial charge is 0.423 e. The average molecular weight is 374 g/mol. The van der Waals surface area contributed by atoms with Crippen molar-refractivity contribution in [3.63, 3.8) is 0 Å². The van der Waals surface area contributed by atoms with Crippen LogP contribution in [-0.2, 0) is 11.2 Å². The lowest BCUT2D eigenvalue weighted by Crippen LogP contribution is -2.44. The third-order valence-corrected chi connectivity index (χ3v) is 5.45. The molecule has 0 saturated carbocycles. The summed E-state index contributed by atoms with van der Waals surface area (Å²) in [6.07, 6.45) is 4.60. The van der Waals surface area contributed by atoms with Crippen LogP contribution in [0, 0.1) is 0 Å². The van der Waals surface area contributed by atoms with Gasteiger partial charge in [0.05, 0.1) is 0 Å². The van der Waals surface area contributed by atoms with Gasteiger partial charge in [-0.2, -0.15) is 4.98 Å². The molecule has 1 aliphatic heterocycles. The number of benzene rings is 2. The predicted octanol–water partition coefficient (Wildman–Crippen LogP) is 3.64. The number of H-pyrrole nitrogens is 1. The van der Waals surface area contributed by atoms with Crippen molar-refractivity contribution >= 4 is 33.9 Å². The van der Waals surface area contributed by atoms with Crippen LogP contribution in [0.2, 0.25) is 0 Å². The van der Waals surface area contributed by atoms with Gasteiger partial charge in [0.15, 0.2) is 5.58 Å².